The van der Waals surface area contributed by atoms with E-state index in [0.717, 1.165) is 19.5 Å². The van der Waals surface area contributed by atoms with E-state index in [2.05, 4.69) is 20.2 Å². The lowest BCUT2D eigenvalue weighted by molar-refractivity contribution is 0.159. The van der Waals surface area contributed by atoms with E-state index in [9.17, 15) is 8.42 Å². The predicted octanol–water partition coefficient (Wildman–Crippen LogP) is 0.623. The van der Waals surface area contributed by atoms with Crippen molar-refractivity contribution in [1.29, 1.82) is 0 Å². The summed E-state index contributed by atoms with van der Waals surface area (Å²) in [4.78, 5) is 10.5. The van der Waals surface area contributed by atoms with E-state index >= 15 is 0 Å². The Kier molecular flexibility index (Phi) is 5.13. The average Bonchev–Trinajstić information content (AvgIpc) is 2.48. The second-order valence-electron chi connectivity index (χ2n) is 5.36. The molecule has 2 heterocycles. The van der Waals surface area contributed by atoms with Crippen LogP contribution in [0.5, 0.6) is 0 Å². The number of nitrogens with one attached hydrogen (secondary N) is 1. The molecule has 1 aliphatic heterocycles. The lowest BCUT2D eigenvalue weighted by atomic mass is 10.2. The Morgan fingerprint density at radius 1 is 1.33 bits per heavy atom. The van der Waals surface area contributed by atoms with Crippen molar-refractivity contribution in [2.24, 2.45) is 0 Å². The molecule has 118 valence electrons. The van der Waals surface area contributed by atoms with Gasteiger partial charge in [-0.05, 0) is 20.4 Å². The molecule has 0 amide bonds. The van der Waals surface area contributed by atoms with Crippen molar-refractivity contribution in [1.82, 2.24) is 19.2 Å². The van der Waals surface area contributed by atoms with Gasteiger partial charge >= 0.3 is 0 Å². The summed E-state index contributed by atoms with van der Waals surface area (Å²) in [6.45, 7) is 6.56. The van der Waals surface area contributed by atoms with E-state index in [1.54, 1.807) is 0 Å². The smallest absolute Gasteiger partial charge is 0.246 e. The second kappa shape index (κ2) is 6.67. The minimum absolute atomic E-state index is 0.154. The zero-order valence-electron chi connectivity index (χ0n) is 12.8. The predicted molar refractivity (Wildman–Crippen MR) is 81.7 cm³/mol. The van der Waals surface area contributed by atoms with Crippen molar-refractivity contribution in [2.45, 2.75) is 31.2 Å². The van der Waals surface area contributed by atoms with Crippen molar-refractivity contribution in [3.05, 3.63) is 12.4 Å². The van der Waals surface area contributed by atoms with E-state index in [1.165, 1.54) is 16.7 Å². The summed E-state index contributed by atoms with van der Waals surface area (Å²) < 4.78 is 26.7. The van der Waals surface area contributed by atoms with Gasteiger partial charge < -0.3 is 10.2 Å². The summed E-state index contributed by atoms with van der Waals surface area (Å²) in [6, 6.07) is 0.208. The van der Waals surface area contributed by atoms with Crippen molar-refractivity contribution >= 4 is 16.0 Å². The molecule has 1 unspecified atom stereocenters. The molecule has 0 aromatic carbocycles. The fourth-order valence-electron chi connectivity index (χ4n) is 2.16. The van der Waals surface area contributed by atoms with Crippen LogP contribution in [-0.2, 0) is 10.0 Å². The van der Waals surface area contributed by atoms with Crippen LogP contribution >= 0.6 is 0 Å². The maximum absolute atomic E-state index is 12.6. The molecule has 0 bridgehead atoms. The Bertz CT molecular complexity index is 560. The molecule has 8 heteroatoms. The van der Waals surface area contributed by atoms with Crippen LogP contribution in [0.2, 0.25) is 0 Å². The zero-order chi connectivity index (χ0) is 15.5. The van der Waals surface area contributed by atoms with Gasteiger partial charge in [0.2, 0.25) is 16.0 Å². The standard InChI is InChI=1S/C13H23N5O2S/c1-4-5-14-13-15-8-12(9-16-13)21(19,20)18-7-6-17(3)11(2)10-18/h8-9,11H,4-7,10H2,1-3H3,(H,14,15,16). The number of likely N-dealkylation sites (N-methyl/N-ethyl adjacent to an activating group) is 1. The average molecular weight is 313 g/mol. The van der Waals surface area contributed by atoms with E-state index in [0.29, 0.717) is 19.0 Å². The molecule has 1 aliphatic rings. The van der Waals surface area contributed by atoms with Gasteiger partial charge in [-0.15, -0.1) is 0 Å². The molecule has 0 spiro atoms. The Labute approximate surface area is 126 Å². The Hall–Kier alpha value is -1.25. The first-order chi connectivity index (χ1) is 9.95. The van der Waals surface area contributed by atoms with E-state index < -0.39 is 10.0 Å². The fraction of sp³-hybridized carbons (Fsp3) is 0.692. The largest absolute Gasteiger partial charge is 0.354 e. The summed E-state index contributed by atoms with van der Waals surface area (Å²) in [6.07, 6.45) is 3.72. The molecule has 7 nitrogen and oxygen atoms in total. The number of anilines is 1. The molecular formula is C13H23N5O2S. The molecule has 21 heavy (non-hydrogen) atoms. The highest BCUT2D eigenvalue weighted by Crippen LogP contribution is 2.18. The summed E-state index contributed by atoms with van der Waals surface area (Å²) in [7, 11) is -1.50. The molecule has 1 aromatic rings. The second-order valence-corrected chi connectivity index (χ2v) is 7.30. The minimum Gasteiger partial charge on any atom is -0.354 e. The summed E-state index contributed by atoms with van der Waals surface area (Å²) in [5.41, 5.74) is 0. The van der Waals surface area contributed by atoms with Gasteiger partial charge in [0.05, 0.1) is 12.4 Å². The normalized spacial score (nSPS) is 21.4. The van der Waals surface area contributed by atoms with Crippen LogP contribution in [0, 0.1) is 0 Å². The molecule has 2 rings (SSSR count). The number of hydrogen-bond donors (Lipinski definition) is 1. The number of nitrogens with zero attached hydrogens (tertiary/aromatic N) is 4. The first-order valence-corrected chi connectivity index (χ1v) is 8.65. The Balaban J connectivity index is 2.12. The lowest BCUT2D eigenvalue weighted by Crippen LogP contribution is -2.51. The van der Waals surface area contributed by atoms with Gasteiger partial charge in [0, 0.05) is 32.2 Å². The summed E-state index contributed by atoms with van der Waals surface area (Å²) in [5, 5.41) is 3.03. The Morgan fingerprint density at radius 3 is 2.57 bits per heavy atom. The summed E-state index contributed by atoms with van der Waals surface area (Å²) in [5.74, 6) is 0.461. The van der Waals surface area contributed by atoms with Crippen LogP contribution in [-0.4, -0.2) is 66.9 Å². The van der Waals surface area contributed by atoms with Gasteiger partial charge in [0.1, 0.15) is 4.90 Å². The fourth-order valence-corrected chi connectivity index (χ4v) is 3.56. The van der Waals surface area contributed by atoms with Crippen LogP contribution in [0.4, 0.5) is 5.95 Å². The number of piperazine rings is 1. The van der Waals surface area contributed by atoms with Crippen molar-refractivity contribution < 1.29 is 8.42 Å². The highest BCUT2D eigenvalue weighted by Gasteiger charge is 2.31. The van der Waals surface area contributed by atoms with Crippen molar-refractivity contribution in [3.63, 3.8) is 0 Å². The topological polar surface area (TPSA) is 78.4 Å². The van der Waals surface area contributed by atoms with E-state index in [-0.39, 0.29) is 10.9 Å². The molecule has 1 saturated heterocycles. The quantitative estimate of drug-likeness (QED) is 0.859. The molecule has 0 aliphatic carbocycles. The van der Waals surface area contributed by atoms with Gasteiger partial charge in [0.15, 0.2) is 0 Å². The SMILES string of the molecule is CCCNc1ncc(S(=O)(=O)N2CCN(C)C(C)C2)cn1. The molecule has 1 fully saturated rings. The van der Waals surface area contributed by atoms with Crippen LogP contribution in [0.1, 0.15) is 20.3 Å². The molecule has 1 atom stereocenters. The van der Waals surface area contributed by atoms with Crippen LogP contribution in [0.25, 0.3) is 0 Å². The van der Waals surface area contributed by atoms with Gasteiger partial charge in [-0.3, -0.25) is 0 Å². The van der Waals surface area contributed by atoms with E-state index in [4.69, 9.17) is 0 Å². The van der Waals surface area contributed by atoms with Crippen LogP contribution < -0.4 is 5.32 Å². The molecule has 1 aromatic heterocycles. The lowest BCUT2D eigenvalue weighted by Gasteiger charge is -2.36. The summed E-state index contributed by atoms with van der Waals surface area (Å²) >= 11 is 0. The Morgan fingerprint density at radius 2 is 2.00 bits per heavy atom. The zero-order valence-corrected chi connectivity index (χ0v) is 13.6. The number of aromatic nitrogens is 2. The number of rotatable bonds is 5. The highest BCUT2D eigenvalue weighted by atomic mass is 32.2. The number of sulfonamides is 1. The number of hydrogen-bond acceptors (Lipinski definition) is 6. The molecular weight excluding hydrogens is 290 g/mol. The molecule has 1 N–H and O–H groups in total. The van der Waals surface area contributed by atoms with Gasteiger partial charge in [-0.1, -0.05) is 6.92 Å². The minimum atomic E-state index is -3.50. The monoisotopic (exact) mass is 313 g/mol. The third kappa shape index (κ3) is 3.69. The van der Waals surface area contributed by atoms with Crippen LogP contribution in [0.15, 0.2) is 17.3 Å². The third-order valence-electron chi connectivity index (χ3n) is 3.72. The third-order valence-corrected chi connectivity index (χ3v) is 5.54. The molecule has 0 saturated carbocycles. The maximum atomic E-state index is 12.6. The van der Waals surface area contributed by atoms with Crippen molar-refractivity contribution in [2.75, 3.05) is 38.5 Å². The maximum Gasteiger partial charge on any atom is 0.246 e. The van der Waals surface area contributed by atoms with Gasteiger partial charge in [0.25, 0.3) is 0 Å². The first-order valence-electron chi connectivity index (χ1n) is 7.21. The van der Waals surface area contributed by atoms with Crippen molar-refractivity contribution in [3.8, 4) is 0 Å². The van der Waals surface area contributed by atoms with Gasteiger partial charge in [-0.25, -0.2) is 18.4 Å². The highest BCUT2D eigenvalue weighted by molar-refractivity contribution is 7.89. The van der Waals surface area contributed by atoms with Gasteiger partial charge in [-0.2, -0.15) is 4.31 Å². The first kappa shape index (κ1) is 16.1. The molecule has 0 radical (unpaired) electrons. The van der Waals surface area contributed by atoms with Crippen LogP contribution in [0.3, 0.4) is 0 Å². The van der Waals surface area contributed by atoms with E-state index in [1.807, 2.05) is 20.9 Å².